The number of furan rings is 1. The molecule has 10 heteroatoms. The van der Waals surface area contributed by atoms with Gasteiger partial charge in [-0.2, -0.15) is 0 Å². The van der Waals surface area contributed by atoms with Crippen molar-refractivity contribution in [3.05, 3.63) is 35.9 Å². The van der Waals surface area contributed by atoms with E-state index >= 15 is 0 Å². The van der Waals surface area contributed by atoms with Gasteiger partial charge in [0, 0.05) is 44.2 Å². The molecule has 35 heavy (non-hydrogen) atoms. The number of carbonyl (C=O) groups excluding carboxylic acids is 4. The molecule has 1 aromatic rings. The van der Waals surface area contributed by atoms with Crippen LogP contribution in [0.5, 0.6) is 0 Å². The van der Waals surface area contributed by atoms with E-state index in [1.165, 1.54) is 0 Å². The van der Waals surface area contributed by atoms with Gasteiger partial charge in [-0.3, -0.25) is 14.4 Å². The lowest BCUT2D eigenvalue weighted by Crippen LogP contribution is -2.54. The lowest BCUT2D eigenvalue weighted by atomic mass is 9.71. The molecule has 0 aromatic carbocycles. The highest BCUT2D eigenvalue weighted by molar-refractivity contribution is 5.92. The zero-order chi connectivity index (χ0) is 25.0. The Morgan fingerprint density at radius 3 is 2.46 bits per heavy atom. The number of allylic oxidation sites excluding steroid dienone is 1. The number of hydrogen-bond acceptors (Lipinski definition) is 7. The van der Waals surface area contributed by atoms with Crippen molar-refractivity contribution in [1.29, 1.82) is 0 Å². The predicted octanol–water partition coefficient (Wildman–Crippen LogP) is 2.55. The second kappa shape index (κ2) is 10.5. The van der Waals surface area contributed by atoms with Gasteiger partial charge >= 0.3 is 12.1 Å². The largest absolute Gasteiger partial charge is 0.467 e. The molecular formula is C25H33N3O7. The third-order valence-corrected chi connectivity index (χ3v) is 7.04. The maximum Gasteiger partial charge on any atom is 0.409 e. The molecule has 0 unspecified atom stereocenters. The Hall–Kier alpha value is -3.30. The molecule has 0 spiro atoms. The molecule has 3 heterocycles. The Balaban J connectivity index is 1.50. The Bertz CT molecular complexity index is 981. The zero-order valence-electron chi connectivity index (χ0n) is 20.4. The van der Waals surface area contributed by atoms with Crippen molar-refractivity contribution in [2.24, 2.45) is 11.3 Å². The number of hydrogen-bond donors (Lipinski definition) is 0. The number of rotatable bonds is 7. The maximum absolute atomic E-state index is 13.6. The van der Waals surface area contributed by atoms with Gasteiger partial charge in [0.1, 0.15) is 11.2 Å². The van der Waals surface area contributed by atoms with Crippen LogP contribution in [-0.4, -0.2) is 78.0 Å². The number of piperazine rings is 1. The molecule has 10 nitrogen and oxygen atoms in total. The SMILES string of the molecule is CCOC(=O)N1CCN(C(=O)C[C@@H]2C[C@@]3(C(=O)OCC)CCC=C3N(Cc3ccco3)C2=O)CC1. The van der Waals surface area contributed by atoms with Crippen molar-refractivity contribution >= 4 is 23.9 Å². The smallest absolute Gasteiger partial charge is 0.409 e. The minimum Gasteiger partial charge on any atom is -0.467 e. The summed E-state index contributed by atoms with van der Waals surface area (Å²) in [6.45, 7) is 5.78. The van der Waals surface area contributed by atoms with Gasteiger partial charge in [0.2, 0.25) is 11.8 Å². The number of nitrogens with zero attached hydrogens (tertiary/aromatic N) is 3. The second-order valence-corrected chi connectivity index (χ2v) is 9.11. The molecule has 2 fully saturated rings. The number of likely N-dealkylation sites (tertiary alicyclic amines) is 1. The van der Waals surface area contributed by atoms with Gasteiger partial charge in [0.05, 0.1) is 26.0 Å². The van der Waals surface area contributed by atoms with Crippen molar-refractivity contribution in [2.75, 3.05) is 39.4 Å². The van der Waals surface area contributed by atoms with Crippen molar-refractivity contribution in [1.82, 2.24) is 14.7 Å². The molecule has 3 aliphatic rings. The minimum absolute atomic E-state index is 0.00132. The molecule has 1 aromatic heterocycles. The molecule has 0 radical (unpaired) electrons. The number of piperidine rings is 1. The van der Waals surface area contributed by atoms with Crippen LogP contribution in [0.4, 0.5) is 4.79 Å². The Morgan fingerprint density at radius 2 is 1.80 bits per heavy atom. The monoisotopic (exact) mass is 487 g/mol. The molecule has 0 bridgehead atoms. The van der Waals surface area contributed by atoms with Gasteiger partial charge in [-0.25, -0.2) is 4.79 Å². The van der Waals surface area contributed by atoms with Gasteiger partial charge in [-0.1, -0.05) is 6.08 Å². The van der Waals surface area contributed by atoms with Crippen LogP contribution in [0.25, 0.3) is 0 Å². The van der Waals surface area contributed by atoms with E-state index in [9.17, 15) is 19.2 Å². The minimum atomic E-state index is -0.940. The van der Waals surface area contributed by atoms with Crippen LogP contribution >= 0.6 is 0 Å². The Kier molecular flexibility index (Phi) is 7.47. The summed E-state index contributed by atoms with van der Waals surface area (Å²) in [7, 11) is 0. The van der Waals surface area contributed by atoms with E-state index in [0.717, 1.165) is 0 Å². The third kappa shape index (κ3) is 4.92. The first-order valence-corrected chi connectivity index (χ1v) is 12.3. The van der Waals surface area contributed by atoms with E-state index in [1.807, 2.05) is 6.08 Å². The van der Waals surface area contributed by atoms with Crippen LogP contribution in [0.2, 0.25) is 0 Å². The molecule has 0 N–H and O–H groups in total. The first-order chi connectivity index (χ1) is 16.9. The van der Waals surface area contributed by atoms with Crippen LogP contribution in [0.15, 0.2) is 34.6 Å². The Labute approximate surface area is 204 Å². The summed E-state index contributed by atoms with van der Waals surface area (Å²) in [5.41, 5.74) is -0.284. The summed E-state index contributed by atoms with van der Waals surface area (Å²) >= 11 is 0. The van der Waals surface area contributed by atoms with Gasteiger partial charge in [0.15, 0.2) is 0 Å². The zero-order valence-corrected chi connectivity index (χ0v) is 20.4. The van der Waals surface area contributed by atoms with Crippen LogP contribution in [0, 0.1) is 11.3 Å². The van der Waals surface area contributed by atoms with Crippen LogP contribution in [0.1, 0.15) is 45.3 Å². The third-order valence-electron chi connectivity index (χ3n) is 7.04. The van der Waals surface area contributed by atoms with E-state index in [-0.39, 0.29) is 49.9 Å². The molecule has 2 aliphatic heterocycles. The fourth-order valence-corrected chi connectivity index (χ4v) is 5.33. The molecule has 2 saturated heterocycles. The molecule has 2 atom stereocenters. The maximum atomic E-state index is 13.6. The summed E-state index contributed by atoms with van der Waals surface area (Å²) in [5.74, 6) is -0.741. The van der Waals surface area contributed by atoms with E-state index < -0.39 is 11.3 Å². The summed E-state index contributed by atoms with van der Waals surface area (Å²) in [6.07, 6.45) is 4.55. The number of carbonyl (C=O) groups is 4. The molecule has 1 aliphatic carbocycles. The van der Waals surface area contributed by atoms with Crippen molar-refractivity contribution in [3.63, 3.8) is 0 Å². The highest BCUT2D eigenvalue weighted by atomic mass is 16.6. The van der Waals surface area contributed by atoms with E-state index in [4.69, 9.17) is 13.9 Å². The van der Waals surface area contributed by atoms with Crippen molar-refractivity contribution in [3.8, 4) is 0 Å². The number of ether oxygens (including phenoxy) is 2. The summed E-state index contributed by atoms with van der Waals surface area (Å²) < 4.78 is 16.0. The quantitative estimate of drug-likeness (QED) is 0.544. The lowest BCUT2D eigenvalue weighted by Gasteiger charge is -2.44. The fraction of sp³-hybridized carbons (Fsp3) is 0.600. The normalized spacial score (nSPS) is 24.2. The van der Waals surface area contributed by atoms with Crippen LogP contribution in [-0.2, 0) is 30.4 Å². The second-order valence-electron chi connectivity index (χ2n) is 9.11. The van der Waals surface area contributed by atoms with Gasteiger partial charge < -0.3 is 28.6 Å². The van der Waals surface area contributed by atoms with Crippen molar-refractivity contribution < 1.29 is 33.1 Å². The van der Waals surface area contributed by atoms with Crippen LogP contribution < -0.4 is 0 Å². The van der Waals surface area contributed by atoms with Crippen LogP contribution in [0.3, 0.4) is 0 Å². The predicted molar refractivity (Wildman–Crippen MR) is 124 cm³/mol. The topological polar surface area (TPSA) is 110 Å². The highest BCUT2D eigenvalue weighted by Gasteiger charge is 2.55. The molecule has 4 rings (SSSR count). The Morgan fingerprint density at radius 1 is 1.09 bits per heavy atom. The summed E-state index contributed by atoms with van der Waals surface area (Å²) in [6, 6.07) is 3.54. The molecular weight excluding hydrogens is 454 g/mol. The average molecular weight is 488 g/mol. The molecule has 190 valence electrons. The lowest BCUT2D eigenvalue weighted by molar-refractivity contribution is -0.161. The van der Waals surface area contributed by atoms with E-state index in [0.29, 0.717) is 57.1 Å². The van der Waals surface area contributed by atoms with E-state index in [1.54, 1.807) is 46.9 Å². The number of amides is 3. The molecule has 0 saturated carbocycles. The van der Waals surface area contributed by atoms with Crippen molar-refractivity contribution in [2.45, 2.75) is 46.1 Å². The average Bonchev–Trinajstić information content (AvgIpc) is 3.52. The van der Waals surface area contributed by atoms with Gasteiger partial charge in [0.25, 0.3) is 0 Å². The fourth-order valence-electron chi connectivity index (χ4n) is 5.33. The molecule has 3 amide bonds. The number of fused-ring (bicyclic) bond motifs is 1. The summed E-state index contributed by atoms with van der Waals surface area (Å²) in [4.78, 5) is 56.8. The standard InChI is InChI=1S/C25H33N3O7/c1-3-33-23(31)25-9-5-8-20(25)28(17-19-7-6-14-35-19)22(30)18(16-25)15-21(29)26-10-12-27(13-11-26)24(32)34-4-2/h6-8,14,18H,3-5,9-13,15-17H2,1-2H3/t18-,25+/m1/s1. The van der Waals surface area contributed by atoms with E-state index in [2.05, 4.69) is 0 Å². The first kappa shape index (κ1) is 24.8. The highest BCUT2D eigenvalue weighted by Crippen LogP contribution is 2.51. The van der Waals surface area contributed by atoms with Gasteiger partial charge in [-0.05, 0) is 45.2 Å². The van der Waals surface area contributed by atoms with Gasteiger partial charge in [-0.15, -0.1) is 0 Å². The first-order valence-electron chi connectivity index (χ1n) is 12.3. The number of esters is 1. The summed E-state index contributed by atoms with van der Waals surface area (Å²) in [5, 5.41) is 0.